The first-order chi connectivity index (χ1) is 8.97. The van der Waals surface area contributed by atoms with Gasteiger partial charge in [-0.05, 0) is 23.2 Å². The third-order valence-corrected chi connectivity index (χ3v) is 4.54. The number of halogens is 2. The van der Waals surface area contributed by atoms with Crippen LogP contribution in [0.5, 0.6) is 0 Å². The van der Waals surface area contributed by atoms with E-state index in [0.29, 0.717) is 15.9 Å². The number of hydrogen-bond donors (Lipinski definition) is 1. The summed E-state index contributed by atoms with van der Waals surface area (Å²) in [5.41, 5.74) is 6.93. The standard InChI is InChI=1S/C13H13Cl2N3S/c1-8-17-13(16)9(6-18(8)2)7-19-10-3-4-11(14)12(15)5-10/h3-6,16H,7H2,1-2H3/p+1. The molecule has 6 heteroatoms. The third kappa shape index (κ3) is 3.53. The van der Waals surface area contributed by atoms with Gasteiger partial charge in [-0.1, -0.05) is 23.2 Å². The molecule has 0 unspecified atom stereocenters. The maximum atomic E-state index is 5.99. The molecule has 2 N–H and O–H groups in total. The highest BCUT2D eigenvalue weighted by Gasteiger charge is 2.12. The van der Waals surface area contributed by atoms with E-state index in [1.54, 1.807) is 17.8 Å². The van der Waals surface area contributed by atoms with E-state index in [2.05, 4.69) is 4.98 Å². The van der Waals surface area contributed by atoms with Gasteiger partial charge in [-0.3, -0.25) is 0 Å². The Hall–Kier alpha value is -0.970. The lowest BCUT2D eigenvalue weighted by atomic mass is 10.3. The van der Waals surface area contributed by atoms with Gasteiger partial charge in [0.05, 0.1) is 22.7 Å². The van der Waals surface area contributed by atoms with Gasteiger partial charge < -0.3 is 5.73 Å². The number of hydrogen-bond acceptors (Lipinski definition) is 3. The Balaban J connectivity index is 2.14. The molecule has 19 heavy (non-hydrogen) atoms. The van der Waals surface area contributed by atoms with Crippen LogP contribution in [0.1, 0.15) is 11.4 Å². The number of nitrogens with zero attached hydrogens (tertiary/aromatic N) is 2. The second kappa shape index (κ2) is 5.99. The van der Waals surface area contributed by atoms with Crippen molar-refractivity contribution < 1.29 is 4.57 Å². The van der Waals surface area contributed by atoms with Crippen LogP contribution < -0.4 is 10.3 Å². The van der Waals surface area contributed by atoms with Crippen LogP contribution in [0.15, 0.2) is 29.3 Å². The van der Waals surface area contributed by atoms with Gasteiger partial charge in [0.15, 0.2) is 0 Å². The Kier molecular flexibility index (Phi) is 4.55. The molecule has 0 spiro atoms. The number of benzene rings is 1. The molecule has 0 fully saturated rings. The van der Waals surface area contributed by atoms with Crippen LogP contribution in [-0.2, 0) is 12.8 Å². The Bertz CT molecular complexity index is 617. The zero-order valence-corrected chi connectivity index (χ0v) is 13.0. The van der Waals surface area contributed by atoms with Gasteiger partial charge in [0.2, 0.25) is 5.82 Å². The summed E-state index contributed by atoms with van der Waals surface area (Å²) in [5.74, 6) is 2.20. The Morgan fingerprint density at radius 2 is 2.05 bits per heavy atom. The van der Waals surface area contributed by atoms with Crippen molar-refractivity contribution in [2.75, 3.05) is 5.73 Å². The maximum Gasteiger partial charge on any atom is 0.297 e. The molecule has 2 aromatic rings. The third-order valence-electron chi connectivity index (χ3n) is 2.76. The number of nitrogens with two attached hydrogens (primary N) is 1. The van der Waals surface area contributed by atoms with E-state index in [1.165, 1.54) is 0 Å². The molecule has 0 saturated heterocycles. The average Bonchev–Trinajstić information content (AvgIpc) is 2.36. The van der Waals surface area contributed by atoms with Gasteiger partial charge in [-0.15, -0.1) is 11.8 Å². The van der Waals surface area contributed by atoms with Crippen LogP contribution >= 0.6 is 35.0 Å². The van der Waals surface area contributed by atoms with Crippen molar-refractivity contribution in [1.82, 2.24) is 4.98 Å². The van der Waals surface area contributed by atoms with Crippen molar-refractivity contribution in [2.24, 2.45) is 7.05 Å². The molecule has 100 valence electrons. The molecule has 0 aliphatic heterocycles. The first kappa shape index (κ1) is 14.4. The summed E-state index contributed by atoms with van der Waals surface area (Å²) in [6.07, 6.45) is 2.00. The molecule has 1 aromatic carbocycles. The van der Waals surface area contributed by atoms with Crippen molar-refractivity contribution in [3.8, 4) is 0 Å². The minimum atomic E-state index is 0.562. The predicted octanol–water partition coefficient (Wildman–Crippen LogP) is 3.40. The predicted molar refractivity (Wildman–Crippen MR) is 80.6 cm³/mol. The molecule has 0 aliphatic carbocycles. The van der Waals surface area contributed by atoms with Gasteiger partial charge >= 0.3 is 0 Å². The summed E-state index contributed by atoms with van der Waals surface area (Å²) in [7, 11) is 1.95. The SMILES string of the molecule is Cc1nc(N)c(CSc2ccc(Cl)c(Cl)c2)c[n+]1C. The van der Waals surface area contributed by atoms with E-state index < -0.39 is 0 Å². The zero-order chi connectivity index (χ0) is 14.0. The highest BCUT2D eigenvalue weighted by molar-refractivity contribution is 7.98. The van der Waals surface area contributed by atoms with Gasteiger partial charge in [-0.25, -0.2) is 4.57 Å². The van der Waals surface area contributed by atoms with Gasteiger partial charge in [0, 0.05) is 17.6 Å². The van der Waals surface area contributed by atoms with Crippen molar-refractivity contribution in [2.45, 2.75) is 17.6 Å². The number of thioether (sulfide) groups is 1. The first-order valence-electron chi connectivity index (χ1n) is 5.67. The van der Waals surface area contributed by atoms with E-state index >= 15 is 0 Å². The molecule has 0 amide bonds. The van der Waals surface area contributed by atoms with Crippen LogP contribution in [0.4, 0.5) is 5.82 Å². The molecule has 0 radical (unpaired) electrons. The van der Waals surface area contributed by atoms with Gasteiger partial charge in [0.25, 0.3) is 5.82 Å². The second-order valence-corrected chi connectivity index (χ2v) is 6.04. The minimum absolute atomic E-state index is 0.562. The summed E-state index contributed by atoms with van der Waals surface area (Å²) in [5, 5.41) is 1.13. The van der Waals surface area contributed by atoms with Crippen LogP contribution in [0, 0.1) is 6.92 Å². The molecule has 1 heterocycles. The van der Waals surface area contributed by atoms with Gasteiger partial charge in [0.1, 0.15) is 6.20 Å². The monoisotopic (exact) mass is 314 g/mol. The van der Waals surface area contributed by atoms with Crippen molar-refractivity contribution >= 4 is 40.8 Å². The second-order valence-electron chi connectivity index (χ2n) is 4.17. The van der Waals surface area contributed by atoms with Crippen molar-refractivity contribution in [3.63, 3.8) is 0 Å². The lowest BCUT2D eigenvalue weighted by Gasteiger charge is -2.04. The fourth-order valence-corrected chi connectivity index (χ4v) is 2.83. The van der Waals surface area contributed by atoms with Crippen molar-refractivity contribution in [3.05, 3.63) is 45.8 Å². The quantitative estimate of drug-likeness (QED) is 0.697. The average molecular weight is 315 g/mol. The lowest BCUT2D eigenvalue weighted by molar-refractivity contribution is -0.681. The lowest BCUT2D eigenvalue weighted by Crippen LogP contribution is -2.34. The summed E-state index contributed by atoms with van der Waals surface area (Å²) in [6.45, 7) is 1.92. The summed E-state index contributed by atoms with van der Waals surface area (Å²) in [6, 6.07) is 5.59. The Morgan fingerprint density at radius 3 is 2.74 bits per heavy atom. The molecule has 0 aliphatic rings. The zero-order valence-electron chi connectivity index (χ0n) is 10.7. The Labute approximate surface area is 126 Å². The minimum Gasteiger partial charge on any atom is -0.363 e. The molecule has 1 aromatic heterocycles. The van der Waals surface area contributed by atoms with Crippen LogP contribution in [0.2, 0.25) is 10.0 Å². The molecule has 0 saturated carbocycles. The fourth-order valence-electron chi connectivity index (χ4n) is 1.56. The van der Waals surface area contributed by atoms with E-state index in [-0.39, 0.29) is 0 Å². The highest BCUT2D eigenvalue weighted by Crippen LogP contribution is 2.30. The molecular formula is C13H14Cl2N3S+. The van der Waals surface area contributed by atoms with E-state index in [1.807, 2.05) is 36.9 Å². The maximum absolute atomic E-state index is 5.99. The largest absolute Gasteiger partial charge is 0.363 e. The van der Waals surface area contributed by atoms with E-state index in [0.717, 1.165) is 22.0 Å². The number of aryl methyl sites for hydroxylation is 2. The number of aromatic nitrogens is 2. The van der Waals surface area contributed by atoms with Crippen LogP contribution in [0.3, 0.4) is 0 Å². The fraction of sp³-hybridized carbons (Fsp3) is 0.231. The topological polar surface area (TPSA) is 42.8 Å². The molecule has 2 rings (SSSR count). The van der Waals surface area contributed by atoms with E-state index in [9.17, 15) is 0 Å². The summed E-state index contributed by atoms with van der Waals surface area (Å²) < 4.78 is 1.96. The molecule has 3 nitrogen and oxygen atoms in total. The normalized spacial score (nSPS) is 10.7. The summed E-state index contributed by atoms with van der Waals surface area (Å²) >= 11 is 13.5. The molecule has 0 bridgehead atoms. The molecule has 0 atom stereocenters. The van der Waals surface area contributed by atoms with Crippen LogP contribution in [-0.4, -0.2) is 4.98 Å². The van der Waals surface area contributed by atoms with Crippen LogP contribution in [0.25, 0.3) is 0 Å². The Morgan fingerprint density at radius 1 is 1.32 bits per heavy atom. The van der Waals surface area contributed by atoms with Gasteiger partial charge in [-0.2, -0.15) is 0 Å². The first-order valence-corrected chi connectivity index (χ1v) is 7.41. The molecular weight excluding hydrogens is 301 g/mol. The number of anilines is 1. The van der Waals surface area contributed by atoms with E-state index in [4.69, 9.17) is 28.9 Å². The number of rotatable bonds is 3. The summed E-state index contributed by atoms with van der Waals surface area (Å²) in [4.78, 5) is 5.35. The number of nitrogen functional groups attached to an aromatic ring is 1. The van der Waals surface area contributed by atoms with Crippen molar-refractivity contribution in [1.29, 1.82) is 0 Å². The smallest absolute Gasteiger partial charge is 0.297 e. The highest BCUT2D eigenvalue weighted by atomic mass is 35.5.